The fourth-order valence-electron chi connectivity index (χ4n) is 6.49. The molecule has 1 saturated heterocycles. The molecule has 0 bridgehead atoms. The van der Waals surface area contributed by atoms with Gasteiger partial charge in [-0.1, -0.05) is 54.9 Å². The number of nitrogens with one attached hydrogen (secondary N) is 1. The lowest BCUT2D eigenvalue weighted by molar-refractivity contribution is -0.147. The molecule has 0 unspecified atom stereocenters. The third-order valence-corrected chi connectivity index (χ3v) is 9.17. The number of nitrogens with zero attached hydrogens (tertiary/aromatic N) is 3. The summed E-state index contributed by atoms with van der Waals surface area (Å²) in [5, 5.41) is 3.03. The van der Waals surface area contributed by atoms with Crippen molar-refractivity contribution in [2.24, 2.45) is 23.7 Å². The van der Waals surface area contributed by atoms with Crippen LogP contribution in [0.2, 0.25) is 0 Å². The van der Waals surface area contributed by atoms with E-state index in [0.29, 0.717) is 6.54 Å². The monoisotopic (exact) mass is 596 g/mol. The summed E-state index contributed by atoms with van der Waals surface area (Å²) < 4.78 is 11.7. The zero-order chi connectivity index (χ0) is 32.5. The third-order valence-electron chi connectivity index (χ3n) is 9.17. The second kappa shape index (κ2) is 17.3. The highest BCUT2D eigenvalue weighted by Gasteiger charge is 2.42. The fourth-order valence-corrected chi connectivity index (χ4v) is 6.49. The van der Waals surface area contributed by atoms with Crippen molar-refractivity contribution in [3.8, 4) is 0 Å². The first-order valence-corrected chi connectivity index (χ1v) is 15.6. The van der Waals surface area contributed by atoms with Crippen molar-refractivity contribution in [1.82, 2.24) is 20.0 Å². The van der Waals surface area contributed by atoms with Gasteiger partial charge < -0.3 is 24.6 Å². The van der Waals surface area contributed by atoms with Crippen LogP contribution in [0.15, 0.2) is 0 Å². The van der Waals surface area contributed by atoms with Crippen molar-refractivity contribution < 1.29 is 28.7 Å². The van der Waals surface area contributed by atoms with E-state index in [0.717, 1.165) is 19.3 Å². The van der Waals surface area contributed by atoms with Crippen molar-refractivity contribution in [2.75, 3.05) is 41.9 Å². The number of rotatable bonds is 17. The summed E-state index contributed by atoms with van der Waals surface area (Å²) in [5.41, 5.74) is 0. The average molecular weight is 597 g/mol. The van der Waals surface area contributed by atoms with Gasteiger partial charge in [0.1, 0.15) is 11.8 Å². The van der Waals surface area contributed by atoms with Crippen LogP contribution in [0.3, 0.4) is 0 Å². The van der Waals surface area contributed by atoms with E-state index in [9.17, 15) is 19.2 Å². The van der Waals surface area contributed by atoms with E-state index in [1.54, 1.807) is 33.1 Å². The molecule has 1 N–H and O–H groups in total. The molecule has 3 amide bonds. The van der Waals surface area contributed by atoms with E-state index in [1.165, 1.54) is 0 Å². The molecule has 0 aromatic heterocycles. The highest BCUT2D eigenvalue weighted by molar-refractivity contribution is 5.90. The van der Waals surface area contributed by atoms with E-state index in [2.05, 4.69) is 19.2 Å². The Balaban J connectivity index is 3.26. The zero-order valence-corrected chi connectivity index (χ0v) is 28.6. The van der Waals surface area contributed by atoms with Gasteiger partial charge in [-0.15, -0.1) is 0 Å². The standard InChI is InChI=1S/C32H60N4O6/c1-14-21(6)29(35(11)32(40)27(19(2)3)33-31(39)28(20(4)5)34(9)10)25(41-12)18-26(38)36-17-15-16-24(36)30(42-13)22(7)23(8)37/h19-22,24-25,27-30H,14-18H2,1-13H3,(H,33,39)/t21-,22-,24-,25+,27-,28-,29-,30+/m0/s1. The molecular weight excluding hydrogens is 536 g/mol. The van der Waals surface area contributed by atoms with Gasteiger partial charge >= 0.3 is 0 Å². The molecule has 0 aromatic rings. The molecule has 0 aromatic carbocycles. The highest BCUT2D eigenvalue weighted by atomic mass is 16.5. The molecule has 1 rings (SSSR count). The van der Waals surface area contributed by atoms with E-state index >= 15 is 0 Å². The van der Waals surface area contributed by atoms with Gasteiger partial charge in [0.05, 0.1) is 36.8 Å². The second-order valence-electron chi connectivity index (χ2n) is 13.1. The maximum absolute atomic E-state index is 14.0. The Labute approximate surface area is 255 Å². The van der Waals surface area contributed by atoms with E-state index < -0.39 is 12.1 Å². The van der Waals surface area contributed by atoms with Crippen molar-refractivity contribution in [3.63, 3.8) is 0 Å². The number of amides is 3. The van der Waals surface area contributed by atoms with Crippen LogP contribution in [-0.2, 0) is 28.7 Å². The van der Waals surface area contributed by atoms with Gasteiger partial charge in [0.15, 0.2) is 0 Å². The average Bonchev–Trinajstić information content (AvgIpc) is 3.39. The molecule has 0 saturated carbocycles. The number of hydrogen-bond acceptors (Lipinski definition) is 7. The SMILES string of the molecule is CC[C@H](C)[C@@H]([C@@H](CC(=O)N1CCC[C@H]1[C@H](OC)[C@@H](C)C(C)=O)OC)N(C)C(=O)[C@@H](NC(=O)[C@H](C(C)C)N(C)C)C(C)C. The second-order valence-corrected chi connectivity index (χ2v) is 13.1. The van der Waals surface area contributed by atoms with E-state index in [4.69, 9.17) is 9.47 Å². The Morgan fingerprint density at radius 3 is 1.98 bits per heavy atom. The lowest BCUT2D eigenvalue weighted by Gasteiger charge is -2.41. The lowest BCUT2D eigenvalue weighted by Crippen LogP contribution is -2.59. The minimum atomic E-state index is -0.720. The molecule has 8 atom stereocenters. The third kappa shape index (κ3) is 9.48. The molecule has 10 nitrogen and oxygen atoms in total. The molecule has 42 heavy (non-hydrogen) atoms. The lowest BCUT2D eigenvalue weighted by atomic mass is 9.89. The van der Waals surface area contributed by atoms with E-state index in [1.807, 2.05) is 58.5 Å². The van der Waals surface area contributed by atoms with Crippen LogP contribution in [-0.4, -0.2) is 116 Å². The van der Waals surface area contributed by atoms with Crippen molar-refractivity contribution >= 4 is 23.5 Å². The number of likely N-dealkylation sites (N-methyl/N-ethyl adjacent to an activating group) is 2. The summed E-state index contributed by atoms with van der Waals surface area (Å²) in [7, 11) is 8.64. The number of carbonyl (C=O) groups is 4. The first-order chi connectivity index (χ1) is 19.5. The van der Waals surface area contributed by atoms with Crippen molar-refractivity contribution in [3.05, 3.63) is 0 Å². The van der Waals surface area contributed by atoms with E-state index in [-0.39, 0.29) is 77.8 Å². The molecule has 1 heterocycles. The molecule has 0 aliphatic carbocycles. The first kappa shape index (κ1) is 38.0. The van der Waals surface area contributed by atoms with Crippen LogP contribution in [0.4, 0.5) is 0 Å². The smallest absolute Gasteiger partial charge is 0.245 e. The molecule has 1 aliphatic rings. The van der Waals surface area contributed by atoms with Crippen LogP contribution >= 0.6 is 0 Å². The largest absolute Gasteiger partial charge is 0.379 e. The summed E-state index contributed by atoms with van der Waals surface area (Å²) in [6, 6.07) is -1.66. The number of Topliss-reactive ketones (excluding diaryl/α,β-unsaturated/α-hetero) is 1. The Bertz CT molecular complexity index is 886. The summed E-state index contributed by atoms with van der Waals surface area (Å²) in [6.07, 6.45) is 1.55. The summed E-state index contributed by atoms with van der Waals surface area (Å²) in [4.78, 5) is 58.6. The molecule has 0 spiro atoms. The summed E-state index contributed by atoms with van der Waals surface area (Å²) in [6.45, 7) is 15.9. The predicted octanol–water partition coefficient (Wildman–Crippen LogP) is 3.22. The minimum absolute atomic E-state index is 0.0317. The predicted molar refractivity (Wildman–Crippen MR) is 166 cm³/mol. The van der Waals surface area contributed by atoms with Gasteiger partial charge in [-0.05, 0) is 51.6 Å². The number of methoxy groups -OCH3 is 2. The minimum Gasteiger partial charge on any atom is -0.379 e. The highest BCUT2D eigenvalue weighted by Crippen LogP contribution is 2.29. The number of carbonyl (C=O) groups excluding carboxylic acids is 4. The quantitative estimate of drug-likeness (QED) is 0.275. The number of likely N-dealkylation sites (tertiary alicyclic amines) is 1. The van der Waals surface area contributed by atoms with Crippen LogP contribution < -0.4 is 5.32 Å². The molecule has 0 radical (unpaired) electrons. The summed E-state index contributed by atoms with van der Waals surface area (Å²) >= 11 is 0. The number of ether oxygens (including phenoxy) is 2. The molecule has 10 heteroatoms. The molecule has 1 fully saturated rings. The van der Waals surface area contributed by atoms with Crippen LogP contribution in [0.5, 0.6) is 0 Å². The van der Waals surface area contributed by atoms with Gasteiger partial charge in [-0.2, -0.15) is 0 Å². The van der Waals surface area contributed by atoms with Crippen molar-refractivity contribution in [2.45, 2.75) is 117 Å². The number of hydrogen-bond donors (Lipinski definition) is 1. The van der Waals surface area contributed by atoms with Gasteiger partial charge in [-0.3, -0.25) is 24.1 Å². The fraction of sp³-hybridized carbons (Fsp3) is 0.875. The molecular formula is C32H60N4O6. The topological polar surface area (TPSA) is 108 Å². The number of ketones is 1. The Morgan fingerprint density at radius 1 is 0.952 bits per heavy atom. The molecule has 1 aliphatic heterocycles. The van der Waals surface area contributed by atoms with Crippen LogP contribution in [0, 0.1) is 23.7 Å². The Hall–Kier alpha value is -2.04. The first-order valence-electron chi connectivity index (χ1n) is 15.6. The maximum atomic E-state index is 14.0. The zero-order valence-electron chi connectivity index (χ0n) is 28.6. The van der Waals surface area contributed by atoms with Crippen LogP contribution in [0.1, 0.15) is 81.1 Å². The van der Waals surface area contributed by atoms with Gasteiger partial charge in [0.25, 0.3) is 0 Å². The maximum Gasteiger partial charge on any atom is 0.245 e. The summed E-state index contributed by atoms with van der Waals surface area (Å²) in [5.74, 6) is -0.782. The van der Waals surface area contributed by atoms with Gasteiger partial charge in [-0.25, -0.2) is 0 Å². The van der Waals surface area contributed by atoms with Gasteiger partial charge in [0.2, 0.25) is 17.7 Å². The van der Waals surface area contributed by atoms with Gasteiger partial charge in [0, 0.05) is 33.7 Å². The Morgan fingerprint density at radius 2 is 1.55 bits per heavy atom. The van der Waals surface area contributed by atoms with Crippen molar-refractivity contribution in [1.29, 1.82) is 0 Å². The normalized spacial score (nSPS) is 20.7. The Kier molecular flexibility index (Phi) is 15.6. The molecule has 244 valence electrons. The van der Waals surface area contributed by atoms with Crippen LogP contribution in [0.25, 0.3) is 0 Å².